The second-order valence-electron chi connectivity index (χ2n) is 7.17. The standard InChI is InChI=1S/C18H18N8O6S4/c1-6-23-24-18(36-6)35-4-7-3-33-14-10(13(28)26(14)11(7)15(29)30)22-12(27)9(25-32-17(31)20-2)8-5-34-16(19)21-8/h5,10,14H,3-4H2,1-2H3,(H2,19,21)(H,20,31)(H,22,27)(H,29,30)/t10?,14-/m0/s1. The van der Waals surface area contributed by atoms with Crippen LogP contribution in [0.1, 0.15) is 10.7 Å². The van der Waals surface area contributed by atoms with Crippen molar-refractivity contribution in [2.24, 2.45) is 5.16 Å². The molecule has 14 nitrogen and oxygen atoms in total. The highest BCUT2D eigenvalue weighted by atomic mass is 32.2. The van der Waals surface area contributed by atoms with Gasteiger partial charge < -0.3 is 20.7 Å². The first-order valence-corrected chi connectivity index (χ1v) is 13.8. The van der Waals surface area contributed by atoms with Crippen LogP contribution >= 0.6 is 46.2 Å². The summed E-state index contributed by atoms with van der Waals surface area (Å²) in [7, 11) is 1.31. The Labute approximate surface area is 219 Å². The van der Waals surface area contributed by atoms with Crippen molar-refractivity contribution in [3.05, 3.63) is 32.2 Å². The van der Waals surface area contributed by atoms with Crippen molar-refractivity contribution in [2.45, 2.75) is 22.7 Å². The fourth-order valence-corrected chi connectivity index (χ4v) is 7.13. The molecule has 18 heteroatoms. The number of H-pyrrole nitrogens is 1. The lowest BCUT2D eigenvalue weighted by Crippen LogP contribution is -2.71. The molecule has 0 bridgehead atoms. The number of aromatic amines is 1. The van der Waals surface area contributed by atoms with Gasteiger partial charge in [0.15, 0.2) is 14.9 Å². The van der Waals surface area contributed by atoms with Crippen LogP contribution in [0, 0.1) is 12.3 Å². The van der Waals surface area contributed by atoms with Gasteiger partial charge in [0.2, 0.25) is 0 Å². The molecule has 1 saturated heterocycles. The number of amides is 3. The number of oxime groups is 1. The zero-order valence-corrected chi connectivity index (χ0v) is 21.8. The number of thiazole rings is 1. The van der Waals surface area contributed by atoms with E-state index in [2.05, 4.69) is 35.8 Å². The lowest BCUT2D eigenvalue weighted by molar-refractivity contribution is -0.150. The summed E-state index contributed by atoms with van der Waals surface area (Å²) in [5.41, 5.74) is 0.226. The topological polar surface area (TPSA) is 203 Å². The normalized spacial score (nSPS) is 19.4. The first kappa shape index (κ1) is 25.9. The Hall–Kier alpha value is -3.22. The van der Waals surface area contributed by atoms with Crippen molar-refractivity contribution in [2.75, 3.05) is 18.6 Å². The number of carboxylic acids is 1. The van der Waals surface area contributed by atoms with E-state index < -0.39 is 35.3 Å². The first-order chi connectivity index (χ1) is 17.2. The van der Waals surface area contributed by atoms with Crippen LogP contribution in [0.2, 0.25) is 0 Å². The van der Waals surface area contributed by atoms with Crippen LogP contribution in [0.3, 0.4) is 0 Å². The molecular weight excluding hydrogens is 553 g/mol. The lowest BCUT2D eigenvalue weighted by atomic mass is 10.0. The largest absolute Gasteiger partial charge is 0.477 e. The maximum absolute atomic E-state index is 13.0. The van der Waals surface area contributed by atoms with Crippen LogP contribution in [0.5, 0.6) is 0 Å². The van der Waals surface area contributed by atoms with Crippen LogP contribution < -0.4 is 15.4 Å². The number of carbonyl (C=O) groups excluding carboxylic acids is 3. The van der Waals surface area contributed by atoms with E-state index in [-0.39, 0.29) is 21.9 Å². The Morgan fingerprint density at radius 1 is 1.42 bits per heavy atom. The van der Waals surface area contributed by atoms with E-state index in [0.29, 0.717) is 21.4 Å². The number of aromatic nitrogens is 3. The van der Waals surface area contributed by atoms with E-state index in [4.69, 9.17) is 5.41 Å². The number of β-lactam (4-membered cyclic amide) rings is 1. The molecule has 1 unspecified atom stereocenters. The van der Waals surface area contributed by atoms with E-state index >= 15 is 0 Å². The Balaban J connectivity index is 1.50. The number of aliphatic carboxylic acids is 1. The number of nitrogens with one attached hydrogen (secondary N) is 4. The molecule has 0 saturated carbocycles. The van der Waals surface area contributed by atoms with E-state index in [0.717, 1.165) is 16.3 Å². The molecule has 2 aromatic heterocycles. The van der Waals surface area contributed by atoms with Gasteiger partial charge in [-0.15, -0.1) is 33.3 Å². The summed E-state index contributed by atoms with van der Waals surface area (Å²) in [5, 5.41) is 35.3. The van der Waals surface area contributed by atoms with Crippen molar-refractivity contribution >= 4 is 75.8 Å². The summed E-state index contributed by atoms with van der Waals surface area (Å²) in [6, 6.07) is -1.02. The number of fused-ring (bicyclic) bond motifs is 1. The van der Waals surface area contributed by atoms with Crippen molar-refractivity contribution in [1.29, 1.82) is 5.41 Å². The molecule has 0 radical (unpaired) electrons. The summed E-state index contributed by atoms with van der Waals surface area (Å²) >= 11 is 5.05. The number of hydrogen-bond donors (Lipinski definition) is 5. The SMILES string of the molecule is CNC(=O)ON=C(C(=O)NC1C(=O)N2C(C(=O)O)=C(CSc3nnc(C)s3)CS[C@@H]12)c1csc(=N)[nH]1. The summed E-state index contributed by atoms with van der Waals surface area (Å²) < 4.78 is 0.698. The van der Waals surface area contributed by atoms with Crippen molar-refractivity contribution in [3.8, 4) is 0 Å². The van der Waals surface area contributed by atoms with Crippen LogP contribution in [-0.2, 0) is 19.2 Å². The van der Waals surface area contributed by atoms with Crippen LogP contribution in [0.25, 0.3) is 0 Å². The van der Waals surface area contributed by atoms with Gasteiger partial charge in [0.05, 0.1) is 5.69 Å². The number of aryl methyl sites for hydroxylation is 1. The highest BCUT2D eigenvalue weighted by Crippen LogP contribution is 2.41. The molecule has 2 atom stereocenters. The van der Waals surface area contributed by atoms with E-state index in [1.54, 1.807) is 0 Å². The van der Waals surface area contributed by atoms with Gasteiger partial charge in [-0.05, 0) is 12.5 Å². The molecular formula is C18H18N8O6S4. The quantitative estimate of drug-likeness (QED) is 0.0966. The van der Waals surface area contributed by atoms with Gasteiger partial charge in [-0.25, -0.2) is 9.59 Å². The number of nitrogens with zero attached hydrogens (tertiary/aromatic N) is 4. The monoisotopic (exact) mass is 570 g/mol. The van der Waals surface area contributed by atoms with Gasteiger partial charge >= 0.3 is 12.1 Å². The molecule has 0 aromatic carbocycles. The van der Waals surface area contributed by atoms with Crippen LogP contribution in [0.4, 0.5) is 4.79 Å². The average molecular weight is 571 g/mol. The van der Waals surface area contributed by atoms with Crippen molar-refractivity contribution < 1.29 is 29.1 Å². The predicted octanol–water partition coefficient (Wildman–Crippen LogP) is 0.307. The molecule has 4 rings (SSSR count). The van der Waals surface area contributed by atoms with Crippen molar-refractivity contribution in [3.63, 3.8) is 0 Å². The minimum atomic E-state index is -1.24. The van der Waals surface area contributed by atoms with Crippen LogP contribution in [-0.4, -0.2) is 84.7 Å². The second kappa shape index (κ2) is 10.8. The third kappa shape index (κ3) is 5.30. The number of carboxylic acid groups (broad SMARTS) is 1. The molecule has 5 N–H and O–H groups in total. The Morgan fingerprint density at radius 3 is 2.81 bits per heavy atom. The molecule has 2 aromatic rings. The predicted molar refractivity (Wildman–Crippen MR) is 132 cm³/mol. The fourth-order valence-electron chi connectivity index (χ4n) is 3.25. The highest BCUT2D eigenvalue weighted by molar-refractivity contribution is 8.01. The molecule has 2 aliphatic heterocycles. The van der Waals surface area contributed by atoms with Gasteiger partial charge in [-0.3, -0.25) is 24.7 Å². The third-order valence-corrected chi connectivity index (χ3v) is 8.94. The van der Waals surface area contributed by atoms with Gasteiger partial charge in [0.25, 0.3) is 11.8 Å². The van der Waals surface area contributed by atoms with Gasteiger partial charge in [-0.1, -0.05) is 28.3 Å². The summed E-state index contributed by atoms with van der Waals surface area (Å²) in [6.45, 7) is 1.82. The van der Waals surface area contributed by atoms with Gasteiger partial charge in [0, 0.05) is 23.9 Å². The number of carbonyl (C=O) groups is 4. The summed E-state index contributed by atoms with van der Waals surface area (Å²) in [5.74, 6) is -1.99. The smallest absolute Gasteiger partial charge is 0.433 e. The van der Waals surface area contributed by atoms with Crippen molar-refractivity contribution in [1.82, 2.24) is 30.7 Å². The molecule has 1 fully saturated rings. The maximum Gasteiger partial charge on any atom is 0.433 e. The molecule has 2 aliphatic rings. The van der Waals surface area contributed by atoms with Gasteiger partial charge in [0.1, 0.15) is 22.1 Å². The Morgan fingerprint density at radius 2 is 2.19 bits per heavy atom. The molecule has 3 amide bonds. The molecule has 0 spiro atoms. The van der Waals surface area contributed by atoms with E-state index in [9.17, 15) is 24.3 Å². The molecule has 4 heterocycles. The van der Waals surface area contributed by atoms with E-state index in [1.807, 2.05) is 6.92 Å². The van der Waals surface area contributed by atoms with Gasteiger partial charge in [-0.2, -0.15) is 0 Å². The number of thioether (sulfide) groups is 2. The minimum absolute atomic E-state index is 0.0319. The Kier molecular flexibility index (Phi) is 7.76. The molecule has 190 valence electrons. The summed E-state index contributed by atoms with van der Waals surface area (Å²) in [6.07, 6.45) is -0.916. The zero-order chi connectivity index (χ0) is 26.0. The number of rotatable bonds is 8. The van der Waals surface area contributed by atoms with E-state index in [1.165, 1.54) is 52.2 Å². The minimum Gasteiger partial charge on any atom is -0.477 e. The maximum atomic E-state index is 13.0. The molecule has 36 heavy (non-hydrogen) atoms. The van der Waals surface area contributed by atoms with Crippen LogP contribution in [0.15, 0.2) is 26.1 Å². The third-order valence-electron chi connectivity index (χ3n) is 4.85. The second-order valence-corrected chi connectivity index (χ2v) is 11.6. The molecule has 0 aliphatic carbocycles. The Bertz CT molecular complexity index is 1350. The number of hydrogen-bond acceptors (Lipinski definition) is 13. The highest BCUT2D eigenvalue weighted by Gasteiger charge is 2.54. The lowest BCUT2D eigenvalue weighted by Gasteiger charge is -2.49. The fraction of sp³-hybridized carbons (Fsp3) is 0.333. The average Bonchev–Trinajstić information content (AvgIpc) is 3.47. The zero-order valence-electron chi connectivity index (χ0n) is 18.6. The first-order valence-electron chi connectivity index (χ1n) is 10.0. The summed E-state index contributed by atoms with van der Waals surface area (Å²) in [4.78, 5) is 57.8.